The van der Waals surface area contributed by atoms with Crippen LogP contribution in [-0.4, -0.2) is 30.9 Å². The molecule has 2 aromatic carbocycles. The van der Waals surface area contributed by atoms with Crippen molar-refractivity contribution in [2.45, 2.75) is 24.8 Å². The van der Waals surface area contributed by atoms with Crippen LogP contribution in [0.1, 0.15) is 27.6 Å². The van der Waals surface area contributed by atoms with E-state index in [0.29, 0.717) is 27.3 Å². The van der Waals surface area contributed by atoms with Gasteiger partial charge in [-0.25, -0.2) is 14.6 Å². The van der Waals surface area contributed by atoms with Crippen LogP contribution in [0.15, 0.2) is 65.8 Å². The van der Waals surface area contributed by atoms with Gasteiger partial charge in [0.25, 0.3) is 5.91 Å². The minimum atomic E-state index is -0.360. The van der Waals surface area contributed by atoms with Crippen LogP contribution in [-0.2, 0) is 5.75 Å². The van der Waals surface area contributed by atoms with Crippen molar-refractivity contribution < 1.29 is 4.79 Å². The molecule has 4 aromatic rings. The molecule has 0 aliphatic carbocycles. The number of rotatable bonds is 6. The third kappa shape index (κ3) is 5.10. The van der Waals surface area contributed by atoms with Crippen molar-refractivity contribution >= 4 is 35.0 Å². The lowest BCUT2D eigenvalue weighted by atomic mass is 10.2. The van der Waals surface area contributed by atoms with E-state index in [1.54, 1.807) is 28.9 Å². The number of para-hydroxylation sites is 1. The zero-order chi connectivity index (χ0) is 21.8. The van der Waals surface area contributed by atoms with E-state index in [4.69, 9.17) is 11.6 Å². The molecule has 2 heterocycles. The zero-order valence-electron chi connectivity index (χ0n) is 16.9. The van der Waals surface area contributed by atoms with Gasteiger partial charge in [-0.2, -0.15) is 0 Å². The first kappa shape index (κ1) is 21.0. The number of amides is 1. The quantitative estimate of drug-likeness (QED) is 0.333. The Bertz CT molecular complexity index is 1210. The van der Waals surface area contributed by atoms with E-state index in [0.717, 1.165) is 17.1 Å². The van der Waals surface area contributed by atoms with Crippen molar-refractivity contribution in [3.8, 4) is 5.69 Å². The minimum absolute atomic E-state index is 0.237. The molecule has 0 saturated heterocycles. The number of hydrogen-bond donors (Lipinski definition) is 1. The summed E-state index contributed by atoms with van der Waals surface area (Å²) >= 11 is 7.46. The second-order valence-corrected chi connectivity index (χ2v) is 8.20. The van der Waals surface area contributed by atoms with Gasteiger partial charge < -0.3 is 5.32 Å². The molecule has 0 aliphatic rings. The van der Waals surface area contributed by atoms with Crippen LogP contribution in [0, 0.1) is 13.8 Å². The molecule has 0 spiro atoms. The molecule has 0 unspecified atom stereocenters. The van der Waals surface area contributed by atoms with Gasteiger partial charge in [0.2, 0.25) is 0 Å². The van der Waals surface area contributed by atoms with Crippen molar-refractivity contribution in [1.82, 2.24) is 25.0 Å². The number of nitrogens with one attached hydrogen (secondary N) is 1. The van der Waals surface area contributed by atoms with Gasteiger partial charge in [0.05, 0.1) is 11.4 Å². The minimum Gasteiger partial charge on any atom is -0.320 e. The molecule has 7 nitrogen and oxygen atoms in total. The predicted molar refractivity (Wildman–Crippen MR) is 122 cm³/mol. The van der Waals surface area contributed by atoms with Crippen molar-refractivity contribution in [2.24, 2.45) is 0 Å². The first-order valence-electron chi connectivity index (χ1n) is 9.51. The van der Waals surface area contributed by atoms with E-state index in [9.17, 15) is 4.79 Å². The largest absolute Gasteiger partial charge is 0.320 e. The molecule has 0 fully saturated rings. The molecule has 4 rings (SSSR count). The Morgan fingerprint density at radius 2 is 1.77 bits per heavy atom. The number of aromatic nitrogens is 5. The number of carbonyl (C=O) groups excluding carboxylic acids is 1. The molecule has 0 bridgehead atoms. The Kier molecular flexibility index (Phi) is 6.29. The van der Waals surface area contributed by atoms with Crippen LogP contribution in [0.5, 0.6) is 0 Å². The molecule has 0 atom stereocenters. The average Bonchev–Trinajstić information content (AvgIpc) is 3.16. The topological polar surface area (TPSA) is 85.6 Å². The summed E-state index contributed by atoms with van der Waals surface area (Å²) < 4.78 is 1.67. The SMILES string of the molecule is Cc1cc(C)nc(SCc2c(C(=O)Nc3cccc(Cl)c3)nnn2-c2ccccc2)n1. The number of anilines is 1. The van der Waals surface area contributed by atoms with Crippen LogP contribution in [0.3, 0.4) is 0 Å². The van der Waals surface area contributed by atoms with Crippen LogP contribution in [0.4, 0.5) is 5.69 Å². The third-order valence-electron chi connectivity index (χ3n) is 4.36. The maximum atomic E-state index is 13.0. The summed E-state index contributed by atoms with van der Waals surface area (Å²) in [7, 11) is 0. The number of halogens is 1. The van der Waals surface area contributed by atoms with Crippen molar-refractivity contribution in [2.75, 3.05) is 5.32 Å². The molecule has 9 heteroatoms. The Morgan fingerprint density at radius 3 is 2.48 bits per heavy atom. The summed E-state index contributed by atoms with van der Waals surface area (Å²) in [6.45, 7) is 3.86. The first-order valence-corrected chi connectivity index (χ1v) is 10.9. The predicted octanol–water partition coefficient (Wildman–Crippen LogP) is 4.87. The number of nitrogens with zero attached hydrogens (tertiary/aromatic N) is 5. The zero-order valence-corrected chi connectivity index (χ0v) is 18.5. The fourth-order valence-electron chi connectivity index (χ4n) is 3.03. The molecular weight excluding hydrogens is 432 g/mol. The summed E-state index contributed by atoms with van der Waals surface area (Å²) in [6.07, 6.45) is 0. The third-order valence-corrected chi connectivity index (χ3v) is 5.45. The Morgan fingerprint density at radius 1 is 1.03 bits per heavy atom. The molecule has 2 aromatic heterocycles. The van der Waals surface area contributed by atoms with E-state index < -0.39 is 0 Å². The highest BCUT2D eigenvalue weighted by Gasteiger charge is 2.21. The van der Waals surface area contributed by atoms with Crippen LogP contribution in [0.25, 0.3) is 5.69 Å². The number of benzene rings is 2. The normalized spacial score (nSPS) is 10.8. The molecule has 0 saturated carbocycles. The monoisotopic (exact) mass is 450 g/mol. The smallest absolute Gasteiger partial charge is 0.278 e. The van der Waals surface area contributed by atoms with Gasteiger partial charge in [0, 0.05) is 27.9 Å². The maximum Gasteiger partial charge on any atom is 0.278 e. The van der Waals surface area contributed by atoms with Gasteiger partial charge >= 0.3 is 0 Å². The number of aryl methyl sites for hydroxylation is 2. The highest BCUT2D eigenvalue weighted by Crippen LogP contribution is 2.24. The van der Waals surface area contributed by atoms with Crippen LogP contribution in [0.2, 0.25) is 5.02 Å². The lowest BCUT2D eigenvalue weighted by molar-refractivity contribution is 0.102. The number of carbonyl (C=O) groups is 1. The lowest BCUT2D eigenvalue weighted by Gasteiger charge is -2.09. The van der Waals surface area contributed by atoms with Crippen molar-refractivity contribution in [3.63, 3.8) is 0 Å². The Balaban J connectivity index is 1.66. The summed E-state index contributed by atoms with van der Waals surface area (Å²) in [6, 6.07) is 18.4. The standard InChI is InChI=1S/C22H19ClN6OS/c1-14-11-15(2)25-22(24-14)31-13-19-20(21(30)26-17-8-6-7-16(23)12-17)27-28-29(19)18-9-4-3-5-10-18/h3-12H,13H2,1-2H3,(H,26,30). The second-order valence-electron chi connectivity index (χ2n) is 6.82. The van der Waals surface area contributed by atoms with Gasteiger partial charge in [-0.1, -0.05) is 52.8 Å². The van der Waals surface area contributed by atoms with Crippen LogP contribution < -0.4 is 5.32 Å². The summed E-state index contributed by atoms with van der Waals surface area (Å²) in [4.78, 5) is 21.9. The number of hydrogen-bond acceptors (Lipinski definition) is 6. The number of thioether (sulfide) groups is 1. The Labute approximate surface area is 188 Å². The molecule has 0 radical (unpaired) electrons. The molecular formula is C22H19ClN6OS. The molecule has 0 aliphatic heterocycles. The van der Waals surface area contributed by atoms with E-state index in [1.165, 1.54) is 11.8 Å². The molecule has 156 valence electrons. The van der Waals surface area contributed by atoms with Gasteiger partial charge in [-0.05, 0) is 50.2 Å². The van der Waals surface area contributed by atoms with E-state index in [-0.39, 0.29) is 11.6 Å². The maximum absolute atomic E-state index is 13.0. The average molecular weight is 451 g/mol. The lowest BCUT2D eigenvalue weighted by Crippen LogP contribution is -2.15. The van der Waals surface area contributed by atoms with Gasteiger partial charge in [0.1, 0.15) is 0 Å². The summed E-state index contributed by atoms with van der Waals surface area (Å²) in [5, 5.41) is 12.4. The van der Waals surface area contributed by atoms with Gasteiger partial charge in [-0.15, -0.1) is 5.10 Å². The first-order chi connectivity index (χ1) is 15.0. The molecule has 31 heavy (non-hydrogen) atoms. The fourth-order valence-corrected chi connectivity index (χ4v) is 4.16. The highest BCUT2D eigenvalue weighted by atomic mass is 35.5. The summed E-state index contributed by atoms with van der Waals surface area (Å²) in [5.41, 5.74) is 4.07. The van der Waals surface area contributed by atoms with E-state index in [2.05, 4.69) is 25.6 Å². The fraction of sp³-hybridized carbons (Fsp3) is 0.136. The summed E-state index contributed by atoms with van der Waals surface area (Å²) in [5.74, 6) is 0.0599. The Hall–Kier alpha value is -3.23. The van der Waals surface area contributed by atoms with Gasteiger partial charge in [0.15, 0.2) is 10.9 Å². The molecule has 1 N–H and O–H groups in total. The van der Waals surface area contributed by atoms with Crippen LogP contribution >= 0.6 is 23.4 Å². The highest BCUT2D eigenvalue weighted by molar-refractivity contribution is 7.98. The van der Waals surface area contributed by atoms with Crippen molar-refractivity contribution in [3.05, 3.63) is 88.5 Å². The van der Waals surface area contributed by atoms with E-state index in [1.807, 2.05) is 50.2 Å². The van der Waals surface area contributed by atoms with Gasteiger partial charge in [-0.3, -0.25) is 4.79 Å². The second kappa shape index (κ2) is 9.28. The van der Waals surface area contributed by atoms with E-state index >= 15 is 0 Å². The van der Waals surface area contributed by atoms with Crippen molar-refractivity contribution in [1.29, 1.82) is 0 Å². The molecule has 1 amide bonds.